The molecule has 1 N–H and O–H groups in total. The van der Waals surface area contributed by atoms with Gasteiger partial charge in [0.2, 0.25) is 5.69 Å². The average Bonchev–Trinajstić information content (AvgIpc) is 3.09. The summed E-state index contributed by atoms with van der Waals surface area (Å²) in [5, 5.41) is 18.3. The Kier molecular flexibility index (Phi) is 5.83. The number of H-pyrrole nitrogens is 1. The summed E-state index contributed by atoms with van der Waals surface area (Å²) in [6.07, 6.45) is 0. The van der Waals surface area contributed by atoms with Crippen LogP contribution in [0.5, 0.6) is 5.88 Å². The Hall–Kier alpha value is -2.36. The summed E-state index contributed by atoms with van der Waals surface area (Å²) in [4.78, 5) is 26.9. The SMILES string of the molecule is COc1n[nH]c(C(=O)N2CCN(Cc3ccc(Cl)c(Cl)c3)CC2)c1[N+](=O)[O-]. The number of halogens is 2. The molecule has 1 aliphatic heterocycles. The van der Waals surface area contributed by atoms with Gasteiger partial charge in [-0.05, 0) is 17.7 Å². The van der Waals surface area contributed by atoms with E-state index in [2.05, 4.69) is 15.1 Å². The lowest BCUT2D eigenvalue weighted by Gasteiger charge is -2.34. The molecule has 3 rings (SSSR count). The zero-order valence-electron chi connectivity index (χ0n) is 14.4. The molecular formula is C16H17Cl2N5O4. The first kappa shape index (κ1) is 19.4. The van der Waals surface area contributed by atoms with Crippen molar-refractivity contribution >= 4 is 34.8 Å². The monoisotopic (exact) mass is 413 g/mol. The van der Waals surface area contributed by atoms with Crippen LogP contribution in [-0.2, 0) is 6.54 Å². The van der Waals surface area contributed by atoms with Gasteiger partial charge in [0, 0.05) is 32.7 Å². The number of hydrogen-bond donors (Lipinski definition) is 1. The minimum absolute atomic E-state index is 0.171. The molecule has 1 fully saturated rings. The molecular weight excluding hydrogens is 397 g/mol. The van der Waals surface area contributed by atoms with Crippen molar-refractivity contribution in [3.63, 3.8) is 0 Å². The van der Waals surface area contributed by atoms with E-state index in [9.17, 15) is 14.9 Å². The van der Waals surface area contributed by atoms with Crippen molar-refractivity contribution in [2.75, 3.05) is 33.3 Å². The molecule has 27 heavy (non-hydrogen) atoms. The minimum atomic E-state index is -0.671. The molecule has 0 bridgehead atoms. The van der Waals surface area contributed by atoms with Gasteiger partial charge in [-0.2, -0.15) is 0 Å². The van der Waals surface area contributed by atoms with E-state index < -0.39 is 16.5 Å². The van der Waals surface area contributed by atoms with Crippen molar-refractivity contribution in [1.82, 2.24) is 20.0 Å². The number of nitrogens with one attached hydrogen (secondary N) is 1. The molecule has 11 heteroatoms. The van der Waals surface area contributed by atoms with Crippen LogP contribution < -0.4 is 4.74 Å². The lowest BCUT2D eigenvalue weighted by Crippen LogP contribution is -2.48. The van der Waals surface area contributed by atoms with Crippen LogP contribution in [-0.4, -0.2) is 64.1 Å². The summed E-state index contributed by atoms with van der Waals surface area (Å²) < 4.78 is 4.84. The summed E-state index contributed by atoms with van der Waals surface area (Å²) >= 11 is 12.0. The van der Waals surface area contributed by atoms with Gasteiger partial charge in [-0.3, -0.25) is 24.9 Å². The Bertz CT molecular complexity index is 864. The number of rotatable bonds is 5. The number of aromatic nitrogens is 2. The van der Waals surface area contributed by atoms with Crippen LogP contribution in [0, 0.1) is 10.1 Å². The zero-order chi connectivity index (χ0) is 19.6. The first-order valence-electron chi connectivity index (χ1n) is 8.13. The van der Waals surface area contributed by atoms with E-state index in [1.807, 2.05) is 12.1 Å². The second-order valence-electron chi connectivity index (χ2n) is 6.03. The Labute approximate surface area is 164 Å². The number of methoxy groups -OCH3 is 1. The topological polar surface area (TPSA) is 105 Å². The number of nitrogens with zero attached hydrogens (tertiary/aromatic N) is 4. The van der Waals surface area contributed by atoms with Crippen LogP contribution in [0.3, 0.4) is 0 Å². The molecule has 1 aromatic heterocycles. The third-order valence-electron chi connectivity index (χ3n) is 4.35. The average molecular weight is 414 g/mol. The molecule has 0 aliphatic carbocycles. The number of hydrogen-bond acceptors (Lipinski definition) is 6. The second kappa shape index (κ2) is 8.12. The number of ether oxygens (including phenoxy) is 1. The molecule has 2 aromatic rings. The molecule has 0 atom stereocenters. The highest BCUT2D eigenvalue weighted by molar-refractivity contribution is 6.42. The molecule has 0 saturated carbocycles. The molecule has 9 nitrogen and oxygen atoms in total. The quantitative estimate of drug-likeness (QED) is 0.596. The van der Waals surface area contributed by atoms with E-state index >= 15 is 0 Å². The first-order valence-corrected chi connectivity index (χ1v) is 8.88. The third-order valence-corrected chi connectivity index (χ3v) is 5.09. The van der Waals surface area contributed by atoms with E-state index in [-0.39, 0.29) is 11.6 Å². The number of carbonyl (C=O) groups is 1. The van der Waals surface area contributed by atoms with Crippen molar-refractivity contribution < 1.29 is 14.5 Å². The van der Waals surface area contributed by atoms with Crippen LogP contribution in [0.15, 0.2) is 18.2 Å². The Morgan fingerprint density at radius 1 is 1.30 bits per heavy atom. The van der Waals surface area contributed by atoms with E-state index in [0.717, 1.165) is 5.56 Å². The fourth-order valence-corrected chi connectivity index (χ4v) is 3.26. The number of nitro groups is 1. The molecule has 1 amide bonds. The van der Waals surface area contributed by atoms with E-state index in [1.54, 1.807) is 11.0 Å². The normalized spacial score (nSPS) is 15.0. The van der Waals surface area contributed by atoms with Crippen LogP contribution in [0.25, 0.3) is 0 Å². The molecule has 1 saturated heterocycles. The third kappa shape index (κ3) is 4.15. The van der Waals surface area contributed by atoms with Crippen molar-refractivity contribution in [2.24, 2.45) is 0 Å². The van der Waals surface area contributed by atoms with Gasteiger partial charge in [-0.25, -0.2) is 0 Å². The standard InChI is InChI=1S/C16H17Cl2N5O4/c1-27-15-14(23(25)26)13(19-20-15)16(24)22-6-4-21(5-7-22)9-10-2-3-11(17)12(18)8-10/h2-3,8H,4-7,9H2,1H3,(H,19,20). The number of piperazine rings is 1. The number of amides is 1. The number of aromatic amines is 1. The Morgan fingerprint density at radius 3 is 2.59 bits per heavy atom. The molecule has 1 aliphatic rings. The highest BCUT2D eigenvalue weighted by Crippen LogP contribution is 2.29. The van der Waals surface area contributed by atoms with Crippen molar-refractivity contribution in [3.8, 4) is 5.88 Å². The molecule has 0 spiro atoms. The molecule has 0 radical (unpaired) electrons. The van der Waals surface area contributed by atoms with E-state index in [0.29, 0.717) is 42.8 Å². The fraction of sp³-hybridized carbons (Fsp3) is 0.375. The van der Waals surface area contributed by atoms with Crippen molar-refractivity contribution in [2.45, 2.75) is 6.54 Å². The largest absolute Gasteiger partial charge is 0.475 e. The molecule has 1 aromatic carbocycles. The van der Waals surface area contributed by atoms with E-state index in [4.69, 9.17) is 27.9 Å². The van der Waals surface area contributed by atoms with Gasteiger partial charge in [-0.1, -0.05) is 29.3 Å². The fourth-order valence-electron chi connectivity index (χ4n) is 2.94. The van der Waals surface area contributed by atoms with Crippen LogP contribution in [0.2, 0.25) is 10.0 Å². The van der Waals surface area contributed by atoms with Gasteiger partial charge in [0.05, 0.1) is 22.1 Å². The maximum absolute atomic E-state index is 12.6. The summed E-state index contributed by atoms with van der Waals surface area (Å²) in [5.41, 5.74) is 0.411. The van der Waals surface area contributed by atoms with Crippen LogP contribution >= 0.6 is 23.2 Å². The molecule has 2 heterocycles. The van der Waals surface area contributed by atoms with Gasteiger partial charge >= 0.3 is 11.6 Å². The smallest absolute Gasteiger partial charge is 0.362 e. The lowest BCUT2D eigenvalue weighted by molar-refractivity contribution is -0.386. The molecule has 0 unspecified atom stereocenters. The predicted octanol–water partition coefficient (Wildman–Crippen LogP) is 2.59. The van der Waals surface area contributed by atoms with Crippen LogP contribution in [0.4, 0.5) is 5.69 Å². The van der Waals surface area contributed by atoms with Crippen molar-refractivity contribution in [1.29, 1.82) is 0 Å². The maximum atomic E-state index is 12.6. The molecule has 144 valence electrons. The maximum Gasteiger partial charge on any atom is 0.362 e. The summed E-state index contributed by atoms with van der Waals surface area (Å²) in [5.74, 6) is -0.673. The van der Waals surface area contributed by atoms with E-state index in [1.165, 1.54) is 7.11 Å². The van der Waals surface area contributed by atoms with Gasteiger partial charge in [0.15, 0.2) is 0 Å². The zero-order valence-corrected chi connectivity index (χ0v) is 16.0. The summed E-state index contributed by atoms with van der Waals surface area (Å²) in [6.45, 7) is 2.82. The van der Waals surface area contributed by atoms with Gasteiger partial charge in [-0.15, -0.1) is 5.10 Å². The summed E-state index contributed by atoms with van der Waals surface area (Å²) in [7, 11) is 1.26. The van der Waals surface area contributed by atoms with Crippen LogP contribution in [0.1, 0.15) is 16.1 Å². The van der Waals surface area contributed by atoms with Crippen molar-refractivity contribution in [3.05, 3.63) is 49.6 Å². The number of carbonyl (C=O) groups excluding carboxylic acids is 1. The Balaban J connectivity index is 1.63. The Morgan fingerprint density at radius 2 is 2.00 bits per heavy atom. The highest BCUT2D eigenvalue weighted by atomic mass is 35.5. The predicted molar refractivity (Wildman–Crippen MR) is 99.4 cm³/mol. The minimum Gasteiger partial charge on any atom is -0.475 e. The first-order chi connectivity index (χ1) is 12.9. The lowest BCUT2D eigenvalue weighted by atomic mass is 10.2. The second-order valence-corrected chi connectivity index (χ2v) is 6.84. The highest BCUT2D eigenvalue weighted by Gasteiger charge is 2.33. The van der Waals surface area contributed by atoms with Gasteiger partial charge in [0.1, 0.15) is 0 Å². The van der Waals surface area contributed by atoms with Gasteiger partial charge in [0.25, 0.3) is 5.91 Å². The van der Waals surface area contributed by atoms with Gasteiger partial charge < -0.3 is 9.64 Å². The number of benzene rings is 1. The summed E-state index contributed by atoms with van der Waals surface area (Å²) in [6, 6.07) is 5.48.